The third-order valence-electron chi connectivity index (χ3n) is 2.48. The van der Waals surface area contributed by atoms with Crippen LogP contribution in [0, 0.1) is 6.92 Å². The molecular weight excluding hydrogens is 252 g/mol. The zero-order valence-corrected chi connectivity index (χ0v) is 11.0. The van der Waals surface area contributed by atoms with Gasteiger partial charge in [0.05, 0.1) is 12.2 Å². The minimum Gasteiger partial charge on any atom is -0.493 e. The van der Waals surface area contributed by atoms with Crippen molar-refractivity contribution in [3.63, 3.8) is 0 Å². The first kappa shape index (κ1) is 12.7. The molecule has 0 aliphatic rings. The van der Waals surface area contributed by atoms with Gasteiger partial charge in [-0.1, -0.05) is 11.6 Å². The summed E-state index contributed by atoms with van der Waals surface area (Å²) < 4.78 is 10.6. The number of carbonyl (C=O) groups excluding carboxylic acids is 1. The van der Waals surface area contributed by atoms with Gasteiger partial charge in [-0.15, -0.1) is 0 Å². The van der Waals surface area contributed by atoms with E-state index in [1.54, 1.807) is 24.3 Å². The number of hydrogen-bond donors (Lipinski definition) is 0. The first-order chi connectivity index (χ1) is 8.61. The van der Waals surface area contributed by atoms with Gasteiger partial charge >= 0.3 is 0 Å². The Hall–Kier alpha value is -1.74. The summed E-state index contributed by atoms with van der Waals surface area (Å²) in [6, 6.07) is 8.57. The number of rotatable bonds is 4. The molecule has 0 aliphatic carbocycles. The molecule has 0 bridgehead atoms. The lowest BCUT2D eigenvalue weighted by molar-refractivity contribution is 0.101. The number of hydrogen-bond acceptors (Lipinski definition) is 3. The van der Waals surface area contributed by atoms with E-state index in [4.69, 9.17) is 20.8 Å². The van der Waals surface area contributed by atoms with Crippen LogP contribution in [0.2, 0.25) is 5.22 Å². The Morgan fingerprint density at radius 1 is 1.33 bits per heavy atom. The van der Waals surface area contributed by atoms with Gasteiger partial charge in [-0.2, -0.15) is 0 Å². The fraction of sp³-hybridized carbons (Fsp3) is 0.214. The van der Waals surface area contributed by atoms with Gasteiger partial charge in [-0.3, -0.25) is 4.79 Å². The van der Waals surface area contributed by atoms with E-state index in [1.807, 2.05) is 19.9 Å². The molecular formula is C14H13ClO3. The highest BCUT2D eigenvalue weighted by molar-refractivity contribution is 6.29. The van der Waals surface area contributed by atoms with E-state index in [-0.39, 0.29) is 16.8 Å². The SMILES string of the molecule is CCOc1ccc(C)cc1C(=O)c1ccc(Cl)o1. The van der Waals surface area contributed by atoms with Crippen LogP contribution in [0.3, 0.4) is 0 Å². The van der Waals surface area contributed by atoms with Gasteiger partial charge < -0.3 is 9.15 Å². The second-order valence-corrected chi connectivity index (χ2v) is 4.24. The monoisotopic (exact) mass is 264 g/mol. The maximum absolute atomic E-state index is 12.3. The molecule has 2 aromatic rings. The molecule has 0 saturated heterocycles. The van der Waals surface area contributed by atoms with Crippen molar-refractivity contribution in [2.45, 2.75) is 13.8 Å². The van der Waals surface area contributed by atoms with E-state index < -0.39 is 0 Å². The van der Waals surface area contributed by atoms with Crippen molar-refractivity contribution in [1.29, 1.82) is 0 Å². The third kappa shape index (κ3) is 2.57. The molecule has 0 fully saturated rings. The summed E-state index contributed by atoms with van der Waals surface area (Å²) in [6.07, 6.45) is 0. The first-order valence-electron chi connectivity index (χ1n) is 5.65. The number of ketones is 1. The Morgan fingerprint density at radius 2 is 2.11 bits per heavy atom. The molecule has 0 amide bonds. The molecule has 18 heavy (non-hydrogen) atoms. The molecule has 0 aliphatic heterocycles. The maximum Gasteiger partial charge on any atom is 0.231 e. The van der Waals surface area contributed by atoms with Crippen molar-refractivity contribution in [2.24, 2.45) is 0 Å². The summed E-state index contributed by atoms with van der Waals surface area (Å²) >= 11 is 5.67. The van der Waals surface area contributed by atoms with Crippen LogP contribution < -0.4 is 4.74 Å². The van der Waals surface area contributed by atoms with Gasteiger partial charge in [0, 0.05) is 0 Å². The van der Waals surface area contributed by atoms with Crippen LogP contribution >= 0.6 is 11.6 Å². The maximum atomic E-state index is 12.3. The summed E-state index contributed by atoms with van der Waals surface area (Å²) in [5.74, 6) is 0.543. The van der Waals surface area contributed by atoms with Crippen LogP contribution in [0.25, 0.3) is 0 Å². The quantitative estimate of drug-likeness (QED) is 0.787. The molecule has 0 N–H and O–H groups in total. The topological polar surface area (TPSA) is 39.4 Å². The Bertz CT molecular complexity index is 572. The van der Waals surface area contributed by atoms with E-state index in [1.165, 1.54) is 0 Å². The highest BCUT2D eigenvalue weighted by Crippen LogP contribution is 2.25. The van der Waals surface area contributed by atoms with Crippen molar-refractivity contribution < 1.29 is 13.9 Å². The molecule has 0 radical (unpaired) electrons. The lowest BCUT2D eigenvalue weighted by Gasteiger charge is -2.09. The van der Waals surface area contributed by atoms with Crippen LogP contribution in [-0.4, -0.2) is 12.4 Å². The van der Waals surface area contributed by atoms with Crippen molar-refractivity contribution >= 4 is 17.4 Å². The summed E-state index contributed by atoms with van der Waals surface area (Å²) in [7, 11) is 0. The molecule has 0 spiro atoms. The summed E-state index contributed by atoms with van der Waals surface area (Å²) in [5, 5.41) is 0.198. The normalized spacial score (nSPS) is 10.4. The molecule has 1 heterocycles. The number of furan rings is 1. The van der Waals surface area contributed by atoms with Crippen molar-refractivity contribution in [3.05, 3.63) is 52.4 Å². The zero-order valence-electron chi connectivity index (χ0n) is 10.2. The highest BCUT2D eigenvalue weighted by Gasteiger charge is 2.18. The molecule has 3 nitrogen and oxygen atoms in total. The average Bonchev–Trinajstić information content (AvgIpc) is 2.77. The largest absolute Gasteiger partial charge is 0.493 e. The van der Waals surface area contributed by atoms with E-state index in [0.29, 0.717) is 17.9 Å². The molecule has 94 valence electrons. The molecule has 1 aromatic heterocycles. The lowest BCUT2D eigenvalue weighted by Crippen LogP contribution is -2.05. The molecule has 0 atom stereocenters. The standard InChI is InChI=1S/C14H13ClO3/c1-3-17-11-5-4-9(2)8-10(11)14(16)12-6-7-13(15)18-12/h4-8H,3H2,1-2H3. The number of ether oxygens (including phenoxy) is 1. The Labute approximate surface area is 110 Å². The van der Waals surface area contributed by atoms with E-state index in [9.17, 15) is 4.79 Å². The fourth-order valence-electron chi connectivity index (χ4n) is 1.67. The van der Waals surface area contributed by atoms with E-state index in [2.05, 4.69) is 0 Å². The second kappa shape index (κ2) is 5.27. The highest BCUT2D eigenvalue weighted by atomic mass is 35.5. The number of halogens is 1. The Balaban J connectivity index is 2.42. The predicted octanol–water partition coefficient (Wildman–Crippen LogP) is 3.87. The molecule has 4 heteroatoms. The van der Waals surface area contributed by atoms with Gasteiger partial charge in [-0.05, 0) is 49.7 Å². The van der Waals surface area contributed by atoms with Gasteiger partial charge in [-0.25, -0.2) is 0 Å². The second-order valence-electron chi connectivity index (χ2n) is 3.87. The minimum absolute atomic E-state index is 0.198. The predicted molar refractivity (Wildman–Crippen MR) is 69.5 cm³/mol. The van der Waals surface area contributed by atoms with Gasteiger partial charge in [0.2, 0.25) is 5.78 Å². The number of benzene rings is 1. The number of aryl methyl sites for hydroxylation is 1. The van der Waals surface area contributed by atoms with Crippen LogP contribution in [0.5, 0.6) is 5.75 Å². The molecule has 0 saturated carbocycles. The smallest absolute Gasteiger partial charge is 0.231 e. The average molecular weight is 265 g/mol. The molecule has 1 aromatic carbocycles. The van der Waals surface area contributed by atoms with E-state index in [0.717, 1.165) is 5.56 Å². The Morgan fingerprint density at radius 3 is 2.72 bits per heavy atom. The van der Waals surface area contributed by atoms with Gasteiger partial charge in [0.1, 0.15) is 5.75 Å². The van der Waals surface area contributed by atoms with Crippen molar-refractivity contribution in [3.8, 4) is 5.75 Å². The molecule has 0 unspecified atom stereocenters. The van der Waals surface area contributed by atoms with Gasteiger partial charge in [0.25, 0.3) is 0 Å². The summed E-state index contributed by atoms with van der Waals surface area (Å²) in [6.45, 7) is 4.29. The van der Waals surface area contributed by atoms with Crippen LogP contribution in [0.1, 0.15) is 28.6 Å². The Kier molecular flexibility index (Phi) is 3.72. The molecule has 2 rings (SSSR count). The van der Waals surface area contributed by atoms with Gasteiger partial charge in [0.15, 0.2) is 11.0 Å². The third-order valence-corrected chi connectivity index (χ3v) is 2.68. The van der Waals surface area contributed by atoms with Crippen LogP contribution in [0.4, 0.5) is 0 Å². The summed E-state index contributed by atoms with van der Waals surface area (Å²) in [4.78, 5) is 12.3. The number of carbonyl (C=O) groups is 1. The summed E-state index contributed by atoms with van der Waals surface area (Å²) in [5.41, 5.74) is 1.47. The minimum atomic E-state index is -0.228. The fourth-order valence-corrected chi connectivity index (χ4v) is 1.82. The lowest BCUT2D eigenvalue weighted by atomic mass is 10.0. The van der Waals surface area contributed by atoms with E-state index >= 15 is 0 Å². The zero-order chi connectivity index (χ0) is 13.1. The van der Waals surface area contributed by atoms with Crippen LogP contribution in [0.15, 0.2) is 34.7 Å². The van der Waals surface area contributed by atoms with Crippen molar-refractivity contribution in [2.75, 3.05) is 6.61 Å². The van der Waals surface area contributed by atoms with Crippen molar-refractivity contribution in [1.82, 2.24) is 0 Å². The van der Waals surface area contributed by atoms with Crippen LogP contribution in [-0.2, 0) is 0 Å². The first-order valence-corrected chi connectivity index (χ1v) is 6.03.